The highest BCUT2D eigenvalue weighted by Crippen LogP contribution is 2.47. The number of sulfonamides is 1. The lowest BCUT2D eigenvalue weighted by molar-refractivity contribution is -0.154. The monoisotopic (exact) mass is 450 g/mol. The summed E-state index contributed by atoms with van der Waals surface area (Å²) in [5.41, 5.74) is -1.32. The molecule has 160 valence electrons. The lowest BCUT2D eigenvalue weighted by atomic mass is 9.76. The van der Waals surface area contributed by atoms with Crippen LogP contribution in [0.25, 0.3) is 0 Å². The summed E-state index contributed by atoms with van der Waals surface area (Å²) in [6.45, 7) is 0. The second kappa shape index (κ2) is 8.19. The van der Waals surface area contributed by atoms with Crippen molar-refractivity contribution in [3.63, 3.8) is 0 Å². The second-order valence-corrected chi connectivity index (χ2v) is 10.2. The summed E-state index contributed by atoms with van der Waals surface area (Å²) in [5, 5.41) is 0.593. The van der Waals surface area contributed by atoms with Gasteiger partial charge in [0.05, 0.1) is 4.90 Å². The van der Waals surface area contributed by atoms with E-state index in [4.69, 9.17) is 22.2 Å². The largest absolute Gasteiger partial charge is 0.457 e. The number of halogens is 1. The van der Waals surface area contributed by atoms with Crippen molar-refractivity contribution >= 4 is 27.6 Å². The molecule has 30 heavy (non-hydrogen) atoms. The molecule has 2 aromatic rings. The van der Waals surface area contributed by atoms with Gasteiger partial charge in [-0.1, -0.05) is 24.4 Å². The van der Waals surface area contributed by atoms with Crippen LogP contribution >= 0.6 is 11.6 Å². The van der Waals surface area contributed by atoms with Gasteiger partial charge in [-0.25, -0.2) is 13.2 Å². The van der Waals surface area contributed by atoms with Crippen molar-refractivity contribution in [3.8, 4) is 11.5 Å². The molecule has 4 rings (SSSR count). The van der Waals surface area contributed by atoms with E-state index in [-0.39, 0.29) is 4.90 Å². The van der Waals surface area contributed by atoms with Gasteiger partial charge < -0.3 is 9.57 Å². The lowest BCUT2D eigenvalue weighted by Crippen LogP contribution is -2.58. The Bertz CT molecular complexity index is 1010. The minimum absolute atomic E-state index is 0.0353. The lowest BCUT2D eigenvalue weighted by Gasteiger charge is -2.38. The highest BCUT2D eigenvalue weighted by molar-refractivity contribution is 7.89. The van der Waals surface area contributed by atoms with E-state index in [0.717, 1.165) is 19.3 Å². The molecule has 0 saturated heterocycles. The van der Waals surface area contributed by atoms with Crippen molar-refractivity contribution < 1.29 is 22.8 Å². The van der Waals surface area contributed by atoms with E-state index in [1.165, 1.54) is 12.1 Å². The van der Waals surface area contributed by atoms with Crippen LogP contribution in [0, 0.1) is 11.8 Å². The van der Waals surface area contributed by atoms with Crippen LogP contribution in [0.1, 0.15) is 32.1 Å². The smallest absolute Gasteiger partial charge is 0.345 e. The van der Waals surface area contributed by atoms with E-state index in [1.54, 1.807) is 36.4 Å². The van der Waals surface area contributed by atoms with Crippen LogP contribution in [0.2, 0.25) is 5.02 Å². The molecule has 2 bridgehead atoms. The fourth-order valence-electron chi connectivity index (χ4n) is 4.66. The molecule has 9 heteroatoms. The Hall–Kier alpha value is -2.13. The van der Waals surface area contributed by atoms with E-state index in [1.807, 2.05) is 0 Å². The van der Waals surface area contributed by atoms with Crippen LogP contribution in [0.5, 0.6) is 11.5 Å². The van der Waals surface area contributed by atoms with Crippen molar-refractivity contribution in [2.75, 3.05) is 0 Å². The maximum Gasteiger partial charge on any atom is 0.345 e. The van der Waals surface area contributed by atoms with Gasteiger partial charge in [0.25, 0.3) is 0 Å². The summed E-state index contributed by atoms with van der Waals surface area (Å²) < 4.78 is 34.4. The summed E-state index contributed by atoms with van der Waals surface area (Å²) in [5.74, 6) is 6.06. The van der Waals surface area contributed by atoms with E-state index in [9.17, 15) is 13.2 Å². The van der Waals surface area contributed by atoms with Gasteiger partial charge in [0.1, 0.15) is 17.0 Å². The normalized spacial score (nSPS) is 25.7. The van der Waals surface area contributed by atoms with E-state index in [0.29, 0.717) is 41.2 Å². The Balaban J connectivity index is 1.53. The fourth-order valence-corrected chi connectivity index (χ4v) is 6.17. The van der Waals surface area contributed by atoms with Gasteiger partial charge in [0, 0.05) is 5.02 Å². The predicted octanol–water partition coefficient (Wildman–Crippen LogP) is 3.78. The van der Waals surface area contributed by atoms with Crippen molar-refractivity contribution in [2.24, 2.45) is 17.7 Å². The van der Waals surface area contributed by atoms with Gasteiger partial charge >= 0.3 is 5.97 Å². The van der Waals surface area contributed by atoms with E-state index < -0.39 is 21.5 Å². The van der Waals surface area contributed by atoms with Crippen LogP contribution < -0.4 is 15.4 Å². The van der Waals surface area contributed by atoms with Crippen LogP contribution in [-0.2, 0) is 19.7 Å². The third kappa shape index (κ3) is 4.32. The molecule has 7 nitrogen and oxygen atoms in total. The zero-order valence-corrected chi connectivity index (χ0v) is 17.8. The third-order valence-corrected chi connectivity index (χ3v) is 7.74. The van der Waals surface area contributed by atoms with Crippen LogP contribution in [0.15, 0.2) is 53.4 Å². The number of hydrogen-bond acceptors (Lipinski definition) is 6. The van der Waals surface area contributed by atoms with Gasteiger partial charge in [-0.2, -0.15) is 10.6 Å². The summed E-state index contributed by atoms with van der Waals surface area (Å²) in [4.78, 5) is 17.0. The van der Waals surface area contributed by atoms with Crippen molar-refractivity contribution in [2.45, 2.75) is 42.5 Å². The number of nitrogens with one attached hydrogen (secondary N) is 1. The molecule has 2 saturated carbocycles. The molecule has 0 amide bonds. The number of benzene rings is 2. The fraction of sp³-hybridized carbons (Fsp3) is 0.381. The molecule has 2 aliphatic carbocycles. The van der Waals surface area contributed by atoms with Gasteiger partial charge in [-0.15, -0.1) is 0 Å². The predicted molar refractivity (Wildman–Crippen MR) is 111 cm³/mol. The molecule has 0 aromatic heterocycles. The second-order valence-electron chi connectivity index (χ2n) is 8.07. The van der Waals surface area contributed by atoms with Gasteiger partial charge in [-0.3, -0.25) is 0 Å². The third-order valence-electron chi connectivity index (χ3n) is 5.93. The van der Waals surface area contributed by atoms with Crippen molar-refractivity contribution in [1.82, 2.24) is 4.72 Å². The first-order valence-electron chi connectivity index (χ1n) is 9.78. The van der Waals surface area contributed by atoms with Gasteiger partial charge in [-0.05, 0) is 79.6 Å². The Morgan fingerprint density at radius 2 is 1.53 bits per heavy atom. The maximum atomic E-state index is 13.1. The minimum Gasteiger partial charge on any atom is -0.457 e. The molecule has 2 atom stereocenters. The first kappa shape index (κ1) is 21.1. The zero-order chi connectivity index (χ0) is 21.4. The molecule has 2 fully saturated rings. The molecule has 0 radical (unpaired) electrons. The van der Waals surface area contributed by atoms with Crippen molar-refractivity contribution in [3.05, 3.63) is 53.6 Å². The molecular weight excluding hydrogens is 428 g/mol. The number of hydrogen-bond donors (Lipinski definition) is 2. The maximum absolute atomic E-state index is 13.1. The first-order chi connectivity index (χ1) is 14.3. The topological polar surface area (TPSA) is 108 Å². The summed E-state index contributed by atoms with van der Waals surface area (Å²) in [7, 11) is -3.97. The highest BCUT2D eigenvalue weighted by atomic mass is 35.5. The van der Waals surface area contributed by atoms with E-state index >= 15 is 0 Å². The summed E-state index contributed by atoms with van der Waals surface area (Å²) in [6.07, 6.45) is 3.79. The summed E-state index contributed by atoms with van der Waals surface area (Å²) in [6, 6.07) is 12.8. The van der Waals surface area contributed by atoms with Crippen LogP contribution in [0.4, 0.5) is 0 Å². The van der Waals surface area contributed by atoms with Crippen molar-refractivity contribution in [1.29, 1.82) is 0 Å². The molecule has 2 aromatic carbocycles. The van der Waals surface area contributed by atoms with Gasteiger partial charge in [0.2, 0.25) is 10.0 Å². The minimum atomic E-state index is -3.97. The quantitative estimate of drug-likeness (QED) is 0.648. The SMILES string of the molecule is NOC(=O)C1(NS(=O)(=O)c2ccc(Oc3ccc(Cl)cc3)cc2)CC2CCC(C2)C1. The number of rotatable bonds is 6. The first-order valence-corrected chi connectivity index (χ1v) is 11.6. The van der Waals surface area contributed by atoms with E-state index in [2.05, 4.69) is 9.56 Å². The molecule has 0 spiro atoms. The van der Waals surface area contributed by atoms with Crippen LogP contribution in [-0.4, -0.2) is 19.9 Å². The number of fused-ring (bicyclic) bond motifs is 2. The molecule has 3 N–H and O–H groups in total. The molecule has 2 unspecified atom stereocenters. The molecule has 0 aliphatic heterocycles. The average Bonchev–Trinajstić information content (AvgIpc) is 3.07. The Labute approximate surface area is 180 Å². The molecular formula is C21H23ClN2O5S. The average molecular weight is 451 g/mol. The Kier molecular flexibility index (Phi) is 5.76. The van der Waals surface area contributed by atoms with Crippen LogP contribution in [0.3, 0.4) is 0 Å². The number of carbonyl (C=O) groups is 1. The highest BCUT2D eigenvalue weighted by Gasteiger charge is 2.52. The standard InChI is InChI=1S/C21H23ClN2O5S/c22-16-3-5-17(6-4-16)28-18-7-9-19(10-8-18)30(26,27)24-21(20(25)29-23)12-14-1-2-15(11-14)13-21/h3-10,14-15,24H,1-2,11-13,23H2. The molecule has 0 heterocycles. The Morgan fingerprint density at radius 1 is 1.00 bits per heavy atom. The van der Waals surface area contributed by atoms with Gasteiger partial charge in [0.15, 0.2) is 0 Å². The number of nitrogens with two attached hydrogens (primary N) is 1. The number of ether oxygens (including phenoxy) is 1. The zero-order valence-electron chi connectivity index (χ0n) is 16.2. The Morgan fingerprint density at radius 3 is 2.07 bits per heavy atom. The molecule has 2 aliphatic rings. The summed E-state index contributed by atoms with van der Waals surface area (Å²) >= 11 is 5.86. The number of carbonyl (C=O) groups excluding carboxylic acids is 1.